The fourth-order valence-corrected chi connectivity index (χ4v) is 2.21. The number of rotatable bonds is 5. The van der Waals surface area contributed by atoms with Crippen molar-refractivity contribution in [2.45, 2.75) is 24.5 Å². The molecule has 106 valence electrons. The van der Waals surface area contributed by atoms with Gasteiger partial charge < -0.3 is 5.32 Å². The van der Waals surface area contributed by atoms with E-state index in [9.17, 15) is 4.79 Å². The van der Waals surface area contributed by atoms with Gasteiger partial charge in [0.2, 0.25) is 0 Å². The van der Waals surface area contributed by atoms with Gasteiger partial charge in [-0.3, -0.25) is 9.48 Å². The van der Waals surface area contributed by atoms with E-state index in [1.165, 1.54) is 11.8 Å². The molecule has 0 saturated heterocycles. The predicted octanol–water partition coefficient (Wildman–Crippen LogP) is 1.81. The standard InChI is InChI=1S/C13H17N5OS/c1-4-10(11-5-6-16-18(11)2)17-12(19)9-7-14-13(20-3)15-8-9/h5-8,10H,4H2,1-3H3,(H,17,19). The van der Waals surface area contributed by atoms with Gasteiger partial charge in [0, 0.05) is 25.6 Å². The van der Waals surface area contributed by atoms with Crippen LogP contribution in [0, 0.1) is 0 Å². The zero-order chi connectivity index (χ0) is 14.5. The lowest BCUT2D eigenvalue weighted by atomic mass is 10.1. The highest BCUT2D eigenvalue weighted by molar-refractivity contribution is 7.98. The van der Waals surface area contributed by atoms with Crippen LogP contribution in [-0.4, -0.2) is 31.9 Å². The van der Waals surface area contributed by atoms with E-state index in [1.807, 2.05) is 26.3 Å². The molecule has 0 aromatic carbocycles. The number of nitrogens with one attached hydrogen (secondary N) is 1. The largest absolute Gasteiger partial charge is 0.344 e. The van der Waals surface area contributed by atoms with E-state index in [2.05, 4.69) is 20.4 Å². The molecule has 2 rings (SSSR count). The zero-order valence-corrected chi connectivity index (χ0v) is 12.5. The van der Waals surface area contributed by atoms with E-state index in [4.69, 9.17) is 0 Å². The molecule has 2 aromatic heterocycles. The van der Waals surface area contributed by atoms with Crippen molar-refractivity contribution in [2.75, 3.05) is 6.26 Å². The van der Waals surface area contributed by atoms with Crippen LogP contribution in [0.3, 0.4) is 0 Å². The molecule has 0 aliphatic rings. The number of nitrogens with zero attached hydrogens (tertiary/aromatic N) is 4. The van der Waals surface area contributed by atoms with E-state index in [1.54, 1.807) is 23.3 Å². The average Bonchev–Trinajstić information content (AvgIpc) is 2.90. The molecule has 1 N–H and O–H groups in total. The summed E-state index contributed by atoms with van der Waals surface area (Å²) in [5, 5.41) is 7.76. The van der Waals surface area contributed by atoms with Gasteiger partial charge in [-0.2, -0.15) is 5.10 Å². The maximum atomic E-state index is 12.2. The molecule has 0 spiro atoms. The highest BCUT2D eigenvalue weighted by Crippen LogP contribution is 2.16. The number of hydrogen-bond donors (Lipinski definition) is 1. The van der Waals surface area contributed by atoms with Crippen molar-refractivity contribution in [3.05, 3.63) is 35.9 Å². The van der Waals surface area contributed by atoms with Gasteiger partial charge in [0.25, 0.3) is 5.91 Å². The molecule has 6 nitrogen and oxygen atoms in total. The molecule has 1 unspecified atom stereocenters. The first-order valence-corrected chi connectivity index (χ1v) is 7.53. The molecule has 7 heteroatoms. The van der Waals surface area contributed by atoms with Crippen molar-refractivity contribution >= 4 is 17.7 Å². The molecule has 2 aromatic rings. The minimum absolute atomic E-state index is 0.0739. The van der Waals surface area contributed by atoms with Gasteiger partial charge in [0.15, 0.2) is 5.16 Å². The Hall–Kier alpha value is -1.89. The summed E-state index contributed by atoms with van der Waals surface area (Å²) in [7, 11) is 1.86. The van der Waals surface area contributed by atoms with Crippen LogP contribution in [0.2, 0.25) is 0 Å². The molecule has 0 radical (unpaired) electrons. The Labute approximate surface area is 122 Å². The summed E-state index contributed by atoms with van der Waals surface area (Å²) in [4.78, 5) is 20.4. The van der Waals surface area contributed by atoms with Crippen LogP contribution in [0.1, 0.15) is 35.4 Å². The van der Waals surface area contributed by atoms with Crippen LogP contribution in [-0.2, 0) is 7.05 Å². The number of carbonyl (C=O) groups is 1. The maximum Gasteiger partial charge on any atom is 0.254 e. The lowest BCUT2D eigenvalue weighted by Crippen LogP contribution is -2.29. The Morgan fingerprint density at radius 3 is 2.65 bits per heavy atom. The summed E-state index contributed by atoms with van der Waals surface area (Å²) in [5.74, 6) is -0.175. The van der Waals surface area contributed by atoms with Crippen LogP contribution < -0.4 is 5.32 Å². The van der Waals surface area contributed by atoms with Crippen LogP contribution in [0.5, 0.6) is 0 Å². The molecule has 0 bridgehead atoms. The fourth-order valence-electron chi connectivity index (χ4n) is 1.89. The molecule has 0 fully saturated rings. The van der Waals surface area contributed by atoms with Crippen LogP contribution in [0.15, 0.2) is 29.8 Å². The molecule has 0 aliphatic carbocycles. The zero-order valence-electron chi connectivity index (χ0n) is 11.7. The van der Waals surface area contributed by atoms with Crippen molar-refractivity contribution < 1.29 is 4.79 Å². The average molecular weight is 291 g/mol. The van der Waals surface area contributed by atoms with Gasteiger partial charge >= 0.3 is 0 Å². The molecule has 0 saturated carbocycles. The summed E-state index contributed by atoms with van der Waals surface area (Å²) < 4.78 is 1.77. The number of hydrogen-bond acceptors (Lipinski definition) is 5. The SMILES string of the molecule is CCC(NC(=O)c1cnc(SC)nc1)c1ccnn1C. The van der Waals surface area contributed by atoms with E-state index in [0.29, 0.717) is 10.7 Å². The third-order valence-electron chi connectivity index (χ3n) is 3.00. The quantitative estimate of drug-likeness (QED) is 0.672. The van der Waals surface area contributed by atoms with E-state index >= 15 is 0 Å². The Balaban J connectivity index is 2.11. The summed E-state index contributed by atoms with van der Waals surface area (Å²) in [6, 6.07) is 1.83. The Morgan fingerprint density at radius 2 is 2.15 bits per heavy atom. The number of amides is 1. The third-order valence-corrected chi connectivity index (χ3v) is 3.58. The normalized spacial score (nSPS) is 12.2. The monoisotopic (exact) mass is 291 g/mol. The lowest BCUT2D eigenvalue weighted by Gasteiger charge is -2.17. The molecular weight excluding hydrogens is 274 g/mol. The second-order valence-corrected chi connectivity index (χ2v) is 5.05. The van der Waals surface area contributed by atoms with Gasteiger partial charge in [-0.1, -0.05) is 18.7 Å². The van der Waals surface area contributed by atoms with Crippen molar-refractivity contribution in [1.82, 2.24) is 25.1 Å². The minimum atomic E-state index is -0.175. The Kier molecular flexibility index (Phi) is 4.73. The summed E-state index contributed by atoms with van der Waals surface area (Å²) in [5.41, 5.74) is 1.44. The number of aromatic nitrogens is 4. The van der Waals surface area contributed by atoms with E-state index in [0.717, 1.165) is 12.1 Å². The molecular formula is C13H17N5OS. The van der Waals surface area contributed by atoms with Crippen LogP contribution >= 0.6 is 11.8 Å². The predicted molar refractivity (Wildman–Crippen MR) is 77.5 cm³/mol. The highest BCUT2D eigenvalue weighted by atomic mass is 32.2. The minimum Gasteiger partial charge on any atom is -0.344 e. The highest BCUT2D eigenvalue weighted by Gasteiger charge is 2.17. The Morgan fingerprint density at radius 1 is 1.45 bits per heavy atom. The second kappa shape index (κ2) is 6.51. The molecule has 0 aliphatic heterocycles. The Bertz CT molecular complexity index is 581. The first-order chi connectivity index (χ1) is 9.65. The van der Waals surface area contributed by atoms with Crippen molar-refractivity contribution in [1.29, 1.82) is 0 Å². The molecule has 20 heavy (non-hydrogen) atoms. The second-order valence-electron chi connectivity index (χ2n) is 4.27. The number of carbonyl (C=O) groups excluding carboxylic acids is 1. The first-order valence-electron chi connectivity index (χ1n) is 6.30. The smallest absolute Gasteiger partial charge is 0.254 e. The fraction of sp³-hybridized carbons (Fsp3) is 0.385. The van der Waals surface area contributed by atoms with Gasteiger partial charge in [0.05, 0.1) is 17.3 Å². The van der Waals surface area contributed by atoms with Crippen molar-refractivity contribution in [3.8, 4) is 0 Å². The van der Waals surface area contributed by atoms with Gasteiger partial charge in [-0.15, -0.1) is 0 Å². The van der Waals surface area contributed by atoms with Gasteiger partial charge in [-0.05, 0) is 18.7 Å². The van der Waals surface area contributed by atoms with Crippen molar-refractivity contribution in [3.63, 3.8) is 0 Å². The first kappa shape index (κ1) is 14.5. The van der Waals surface area contributed by atoms with E-state index < -0.39 is 0 Å². The maximum absolute atomic E-state index is 12.2. The van der Waals surface area contributed by atoms with Crippen LogP contribution in [0.4, 0.5) is 0 Å². The lowest BCUT2D eigenvalue weighted by molar-refractivity contribution is 0.0933. The number of aryl methyl sites for hydroxylation is 1. The molecule has 2 heterocycles. The van der Waals surface area contributed by atoms with E-state index in [-0.39, 0.29) is 11.9 Å². The van der Waals surface area contributed by atoms with Crippen LogP contribution in [0.25, 0.3) is 0 Å². The number of thioether (sulfide) groups is 1. The molecule has 1 atom stereocenters. The van der Waals surface area contributed by atoms with Gasteiger partial charge in [-0.25, -0.2) is 9.97 Å². The summed E-state index contributed by atoms with van der Waals surface area (Å²) in [6.07, 6.45) is 7.49. The summed E-state index contributed by atoms with van der Waals surface area (Å²) in [6.45, 7) is 2.02. The molecule has 1 amide bonds. The topological polar surface area (TPSA) is 72.7 Å². The summed E-state index contributed by atoms with van der Waals surface area (Å²) >= 11 is 1.44. The third kappa shape index (κ3) is 3.16. The van der Waals surface area contributed by atoms with Crippen molar-refractivity contribution in [2.24, 2.45) is 7.05 Å². The van der Waals surface area contributed by atoms with Gasteiger partial charge in [0.1, 0.15) is 0 Å².